The van der Waals surface area contributed by atoms with E-state index in [9.17, 15) is 8.42 Å². The summed E-state index contributed by atoms with van der Waals surface area (Å²) in [7, 11) is -3.23. The fourth-order valence-electron chi connectivity index (χ4n) is 2.41. The molecule has 20 heavy (non-hydrogen) atoms. The zero-order valence-corrected chi connectivity index (χ0v) is 12.5. The molecule has 2 nitrogen and oxygen atoms in total. The van der Waals surface area contributed by atoms with Crippen molar-refractivity contribution >= 4 is 9.84 Å². The van der Waals surface area contributed by atoms with E-state index >= 15 is 0 Å². The highest BCUT2D eigenvalue weighted by molar-refractivity contribution is 7.91. The number of rotatable bonds is 6. The second kappa shape index (κ2) is 6.71. The summed E-state index contributed by atoms with van der Waals surface area (Å²) in [4.78, 5) is 0.414. The van der Waals surface area contributed by atoms with E-state index in [4.69, 9.17) is 0 Å². The lowest BCUT2D eigenvalue weighted by atomic mass is 9.97. The Kier molecular flexibility index (Phi) is 4.96. The molecule has 0 bridgehead atoms. The summed E-state index contributed by atoms with van der Waals surface area (Å²) in [6, 6.07) is 18.6. The van der Waals surface area contributed by atoms with E-state index < -0.39 is 9.84 Å². The van der Waals surface area contributed by atoms with Crippen LogP contribution in [-0.2, 0) is 9.84 Å². The molecule has 0 spiro atoms. The quantitative estimate of drug-likeness (QED) is 0.803. The van der Waals surface area contributed by atoms with E-state index in [0.29, 0.717) is 4.90 Å². The number of sulfone groups is 1. The molecular formula is C17H20O2S. The van der Waals surface area contributed by atoms with Crippen LogP contribution in [0.3, 0.4) is 0 Å². The molecule has 0 aromatic heterocycles. The SMILES string of the molecule is CCC[C@H](CS(=O)(=O)c1ccccc1)c1ccccc1. The molecule has 0 saturated heterocycles. The highest BCUT2D eigenvalue weighted by Crippen LogP contribution is 2.25. The molecule has 0 amide bonds. The molecule has 1 atom stereocenters. The van der Waals surface area contributed by atoms with Crippen LogP contribution < -0.4 is 0 Å². The van der Waals surface area contributed by atoms with Crippen molar-refractivity contribution in [1.29, 1.82) is 0 Å². The van der Waals surface area contributed by atoms with Crippen LogP contribution in [-0.4, -0.2) is 14.2 Å². The zero-order chi connectivity index (χ0) is 14.4. The average molecular weight is 288 g/mol. The van der Waals surface area contributed by atoms with E-state index in [1.54, 1.807) is 24.3 Å². The van der Waals surface area contributed by atoms with Crippen molar-refractivity contribution in [1.82, 2.24) is 0 Å². The molecular weight excluding hydrogens is 268 g/mol. The van der Waals surface area contributed by atoms with Crippen molar-refractivity contribution in [2.75, 3.05) is 5.75 Å². The Morgan fingerprint density at radius 3 is 2.00 bits per heavy atom. The second-order valence-electron chi connectivity index (χ2n) is 4.99. The minimum Gasteiger partial charge on any atom is -0.224 e. The summed E-state index contributed by atoms with van der Waals surface area (Å²) in [6.45, 7) is 2.09. The Labute approximate surface area is 121 Å². The Hall–Kier alpha value is -1.61. The van der Waals surface area contributed by atoms with Gasteiger partial charge in [-0.1, -0.05) is 61.9 Å². The predicted molar refractivity (Wildman–Crippen MR) is 82.6 cm³/mol. The summed E-state index contributed by atoms with van der Waals surface area (Å²) >= 11 is 0. The van der Waals surface area contributed by atoms with Crippen LogP contribution >= 0.6 is 0 Å². The molecule has 0 aliphatic rings. The maximum Gasteiger partial charge on any atom is 0.178 e. The smallest absolute Gasteiger partial charge is 0.178 e. The molecule has 0 saturated carbocycles. The van der Waals surface area contributed by atoms with Crippen molar-refractivity contribution < 1.29 is 8.42 Å². The molecule has 0 heterocycles. The monoisotopic (exact) mass is 288 g/mol. The van der Waals surface area contributed by atoms with Gasteiger partial charge in [0, 0.05) is 0 Å². The van der Waals surface area contributed by atoms with Crippen LogP contribution in [0.25, 0.3) is 0 Å². The van der Waals surface area contributed by atoms with Gasteiger partial charge in [0.25, 0.3) is 0 Å². The average Bonchev–Trinajstić information content (AvgIpc) is 2.48. The first kappa shape index (κ1) is 14.8. The summed E-state index contributed by atoms with van der Waals surface area (Å²) in [5.41, 5.74) is 1.11. The van der Waals surface area contributed by atoms with Gasteiger partial charge in [-0.2, -0.15) is 0 Å². The summed E-state index contributed by atoms with van der Waals surface area (Å²) < 4.78 is 25.0. The number of benzene rings is 2. The van der Waals surface area contributed by atoms with E-state index in [1.807, 2.05) is 36.4 Å². The summed E-state index contributed by atoms with van der Waals surface area (Å²) in [5, 5.41) is 0. The van der Waals surface area contributed by atoms with E-state index in [0.717, 1.165) is 18.4 Å². The van der Waals surface area contributed by atoms with Gasteiger partial charge < -0.3 is 0 Å². The van der Waals surface area contributed by atoms with Crippen molar-refractivity contribution in [3.63, 3.8) is 0 Å². The predicted octanol–water partition coefficient (Wildman–Crippen LogP) is 4.04. The largest absolute Gasteiger partial charge is 0.224 e. The van der Waals surface area contributed by atoms with Gasteiger partial charge in [0.15, 0.2) is 9.84 Å². The summed E-state index contributed by atoms with van der Waals surface area (Å²) in [5.74, 6) is 0.237. The third-order valence-corrected chi connectivity index (χ3v) is 5.26. The first-order valence-corrected chi connectivity index (χ1v) is 8.61. The molecule has 0 N–H and O–H groups in total. The second-order valence-corrected chi connectivity index (χ2v) is 7.02. The Bertz CT molecular complexity index is 619. The summed E-state index contributed by atoms with van der Waals surface area (Å²) in [6.07, 6.45) is 1.86. The number of hydrogen-bond acceptors (Lipinski definition) is 2. The fraction of sp³-hybridized carbons (Fsp3) is 0.294. The van der Waals surface area contributed by atoms with Crippen molar-refractivity contribution in [3.05, 3.63) is 66.2 Å². The van der Waals surface area contributed by atoms with Gasteiger partial charge >= 0.3 is 0 Å². The van der Waals surface area contributed by atoms with Crippen molar-refractivity contribution in [3.8, 4) is 0 Å². The molecule has 0 radical (unpaired) electrons. The van der Waals surface area contributed by atoms with Crippen LogP contribution in [0.2, 0.25) is 0 Å². The molecule has 0 unspecified atom stereocenters. The third kappa shape index (κ3) is 3.70. The molecule has 3 heteroatoms. The molecule has 2 aromatic rings. The van der Waals surface area contributed by atoms with Gasteiger partial charge in [0.1, 0.15) is 0 Å². The fourth-order valence-corrected chi connectivity index (χ4v) is 4.06. The number of hydrogen-bond donors (Lipinski definition) is 0. The Morgan fingerprint density at radius 1 is 0.900 bits per heavy atom. The first-order chi connectivity index (χ1) is 9.63. The highest BCUT2D eigenvalue weighted by Gasteiger charge is 2.21. The Balaban J connectivity index is 2.25. The highest BCUT2D eigenvalue weighted by atomic mass is 32.2. The minimum atomic E-state index is -3.23. The van der Waals surface area contributed by atoms with Gasteiger partial charge in [0.2, 0.25) is 0 Å². The lowest BCUT2D eigenvalue weighted by molar-refractivity contribution is 0.579. The lowest BCUT2D eigenvalue weighted by Gasteiger charge is -2.17. The lowest BCUT2D eigenvalue weighted by Crippen LogP contribution is -2.15. The van der Waals surface area contributed by atoms with Crippen LogP contribution in [0.15, 0.2) is 65.6 Å². The molecule has 0 aliphatic heterocycles. The standard InChI is InChI=1S/C17H20O2S/c1-2-9-16(15-10-5-3-6-11-15)14-20(18,19)17-12-7-4-8-13-17/h3-8,10-13,16H,2,9,14H2,1H3/t16-/m1/s1. The van der Waals surface area contributed by atoms with Gasteiger partial charge in [-0.15, -0.1) is 0 Å². The van der Waals surface area contributed by atoms with Gasteiger partial charge in [-0.05, 0) is 30.0 Å². The molecule has 106 valence electrons. The third-order valence-electron chi connectivity index (χ3n) is 3.43. The molecule has 0 fully saturated rings. The van der Waals surface area contributed by atoms with E-state index in [1.165, 1.54) is 0 Å². The molecule has 0 aliphatic carbocycles. The maximum absolute atomic E-state index is 12.5. The zero-order valence-electron chi connectivity index (χ0n) is 11.7. The van der Waals surface area contributed by atoms with Gasteiger partial charge in [-0.25, -0.2) is 8.42 Å². The molecule has 2 aromatic carbocycles. The Morgan fingerprint density at radius 2 is 1.45 bits per heavy atom. The maximum atomic E-state index is 12.5. The minimum absolute atomic E-state index is 0.0615. The van der Waals surface area contributed by atoms with E-state index in [2.05, 4.69) is 6.92 Å². The van der Waals surface area contributed by atoms with Crippen LogP contribution in [0.1, 0.15) is 31.2 Å². The first-order valence-electron chi connectivity index (χ1n) is 6.96. The normalized spacial score (nSPS) is 13.1. The van der Waals surface area contributed by atoms with Crippen LogP contribution in [0.4, 0.5) is 0 Å². The van der Waals surface area contributed by atoms with Crippen LogP contribution in [0.5, 0.6) is 0 Å². The van der Waals surface area contributed by atoms with E-state index in [-0.39, 0.29) is 11.7 Å². The van der Waals surface area contributed by atoms with Gasteiger partial charge in [0.05, 0.1) is 10.6 Å². The van der Waals surface area contributed by atoms with Crippen molar-refractivity contribution in [2.45, 2.75) is 30.6 Å². The topological polar surface area (TPSA) is 34.1 Å². The van der Waals surface area contributed by atoms with Gasteiger partial charge in [-0.3, -0.25) is 0 Å². The van der Waals surface area contributed by atoms with Crippen LogP contribution in [0, 0.1) is 0 Å². The van der Waals surface area contributed by atoms with Crippen molar-refractivity contribution in [2.24, 2.45) is 0 Å². The molecule has 2 rings (SSSR count).